The Morgan fingerprint density at radius 1 is 1.47 bits per heavy atom. The Hall–Kier alpha value is -1.81. The molecule has 0 spiro atoms. The lowest BCUT2D eigenvalue weighted by molar-refractivity contribution is 0.0960. The summed E-state index contributed by atoms with van der Waals surface area (Å²) in [6, 6.07) is 5.08. The number of amides is 1. The Morgan fingerprint density at radius 3 is 2.88 bits per heavy atom. The van der Waals surface area contributed by atoms with Gasteiger partial charge in [0, 0.05) is 18.6 Å². The van der Waals surface area contributed by atoms with E-state index >= 15 is 0 Å². The standard InChI is InChI=1S/C12H11ClN2O2/c1-14-12(16)8-5-10-7(6-11(8)17-2)9(13)3-4-15-10/h3-6H,1-2H3,(H,14,16). The van der Waals surface area contributed by atoms with E-state index in [2.05, 4.69) is 10.3 Å². The molecule has 0 atom stereocenters. The molecule has 4 nitrogen and oxygen atoms in total. The van der Waals surface area contributed by atoms with Crippen LogP contribution in [-0.2, 0) is 0 Å². The van der Waals surface area contributed by atoms with E-state index in [0.717, 1.165) is 5.39 Å². The van der Waals surface area contributed by atoms with Crippen LogP contribution in [0.25, 0.3) is 10.9 Å². The number of methoxy groups -OCH3 is 1. The molecule has 0 saturated heterocycles. The number of carbonyl (C=O) groups is 1. The zero-order chi connectivity index (χ0) is 12.4. The van der Waals surface area contributed by atoms with Gasteiger partial charge in [-0.25, -0.2) is 0 Å². The van der Waals surface area contributed by atoms with Gasteiger partial charge in [0.2, 0.25) is 0 Å². The summed E-state index contributed by atoms with van der Waals surface area (Å²) in [6.07, 6.45) is 1.60. The van der Waals surface area contributed by atoms with E-state index in [4.69, 9.17) is 16.3 Å². The quantitative estimate of drug-likeness (QED) is 0.890. The summed E-state index contributed by atoms with van der Waals surface area (Å²) in [7, 11) is 3.08. The molecule has 1 heterocycles. The zero-order valence-electron chi connectivity index (χ0n) is 9.45. The fraction of sp³-hybridized carbons (Fsp3) is 0.167. The highest BCUT2D eigenvalue weighted by atomic mass is 35.5. The number of fused-ring (bicyclic) bond motifs is 1. The summed E-state index contributed by atoms with van der Waals surface area (Å²) < 4.78 is 5.18. The number of rotatable bonds is 2. The van der Waals surface area contributed by atoms with Gasteiger partial charge in [-0.3, -0.25) is 9.78 Å². The lowest BCUT2D eigenvalue weighted by Crippen LogP contribution is -2.18. The third kappa shape index (κ3) is 2.03. The number of nitrogens with one attached hydrogen (secondary N) is 1. The molecule has 0 unspecified atom stereocenters. The van der Waals surface area contributed by atoms with Gasteiger partial charge in [-0.2, -0.15) is 0 Å². The lowest BCUT2D eigenvalue weighted by atomic mass is 10.1. The van der Waals surface area contributed by atoms with Crippen LogP contribution in [0.5, 0.6) is 5.75 Å². The van der Waals surface area contributed by atoms with Crippen LogP contribution < -0.4 is 10.1 Å². The van der Waals surface area contributed by atoms with Crippen molar-refractivity contribution in [2.24, 2.45) is 0 Å². The van der Waals surface area contributed by atoms with Gasteiger partial charge < -0.3 is 10.1 Å². The molecule has 0 aliphatic carbocycles. The SMILES string of the molecule is CNC(=O)c1cc2nccc(Cl)c2cc1OC. The molecule has 2 aromatic rings. The summed E-state index contributed by atoms with van der Waals surface area (Å²) in [4.78, 5) is 15.8. The van der Waals surface area contributed by atoms with Gasteiger partial charge in [0.15, 0.2) is 0 Å². The Bertz CT molecular complexity index is 584. The Balaban J connectivity index is 2.73. The minimum Gasteiger partial charge on any atom is -0.496 e. The number of hydrogen-bond acceptors (Lipinski definition) is 3. The monoisotopic (exact) mass is 250 g/mol. The zero-order valence-corrected chi connectivity index (χ0v) is 10.2. The number of pyridine rings is 1. The Morgan fingerprint density at radius 2 is 2.24 bits per heavy atom. The Kier molecular flexibility index (Phi) is 3.15. The van der Waals surface area contributed by atoms with Crippen LogP contribution in [0, 0.1) is 0 Å². The average molecular weight is 251 g/mol. The van der Waals surface area contributed by atoms with Crippen molar-refractivity contribution < 1.29 is 9.53 Å². The molecule has 0 radical (unpaired) electrons. The van der Waals surface area contributed by atoms with E-state index in [1.165, 1.54) is 7.11 Å². The number of benzene rings is 1. The summed E-state index contributed by atoms with van der Waals surface area (Å²) >= 11 is 6.06. The first kappa shape index (κ1) is 11.7. The molecule has 0 saturated carbocycles. The summed E-state index contributed by atoms with van der Waals surface area (Å²) in [5, 5.41) is 3.90. The number of ether oxygens (including phenoxy) is 1. The van der Waals surface area contributed by atoms with E-state index < -0.39 is 0 Å². The van der Waals surface area contributed by atoms with Crippen LogP contribution in [0.3, 0.4) is 0 Å². The molecular formula is C12H11ClN2O2. The molecule has 88 valence electrons. The minimum absolute atomic E-state index is 0.217. The average Bonchev–Trinajstić information content (AvgIpc) is 2.37. The van der Waals surface area contributed by atoms with Crippen molar-refractivity contribution in [3.8, 4) is 5.75 Å². The third-order valence-electron chi connectivity index (χ3n) is 2.48. The summed E-state index contributed by atoms with van der Waals surface area (Å²) in [5.74, 6) is 0.261. The van der Waals surface area contributed by atoms with Crippen LogP contribution in [0.1, 0.15) is 10.4 Å². The third-order valence-corrected chi connectivity index (χ3v) is 2.81. The van der Waals surface area contributed by atoms with Gasteiger partial charge in [-0.1, -0.05) is 11.6 Å². The molecule has 0 aliphatic rings. The molecule has 1 N–H and O–H groups in total. The van der Waals surface area contributed by atoms with Gasteiger partial charge in [0.1, 0.15) is 5.75 Å². The molecule has 2 rings (SSSR count). The van der Waals surface area contributed by atoms with E-state index in [1.807, 2.05) is 0 Å². The van der Waals surface area contributed by atoms with Crippen LogP contribution in [0.2, 0.25) is 5.02 Å². The molecule has 17 heavy (non-hydrogen) atoms. The number of nitrogens with zero attached hydrogens (tertiary/aromatic N) is 1. The number of carbonyl (C=O) groups excluding carboxylic acids is 1. The van der Waals surface area contributed by atoms with Crippen LogP contribution in [0.4, 0.5) is 0 Å². The molecule has 0 fully saturated rings. The summed E-state index contributed by atoms with van der Waals surface area (Å²) in [5.41, 5.74) is 1.11. The topological polar surface area (TPSA) is 51.2 Å². The fourth-order valence-electron chi connectivity index (χ4n) is 1.62. The highest BCUT2D eigenvalue weighted by Crippen LogP contribution is 2.29. The van der Waals surface area contributed by atoms with Crippen LogP contribution in [-0.4, -0.2) is 25.0 Å². The highest BCUT2D eigenvalue weighted by Gasteiger charge is 2.13. The van der Waals surface area contributed by atoms with E-state index in [-0.39, 0.29) is 5.91 Å². The normalized spacial score (nSPS) is 10.3. The number of hydrogen-bond donors (Lipinski definition) is 1. The maximum Gasteiger partial charge on any atom is 0.254 e. The van der Waals surface area contributed by atoms with E-state index in [1.54, 1.807) is 31.4 Å². The first-order valence-electron chi connectivity index (χ1n) is 5.01. The van der Waals surface area contributed by atoms with Crippen LogP contribution >= 0.6 is 11.6 Å². The van der Waals surface area contributed by atoms with Crippen molar-refractivity contribution >= 4 is 28.4 Å². The van der Waals surface area contributed by atoms with Gasteiger partial charge in [-0.05, 0) is 18.2 Å². The van der Waals surface area contributed by atoms with Crippen molar-refractivity contribution in [2.75, 3.05) is 14.2 Å². The van der Waals surface area contributed by atoms with Gasteiger partial charge in [-0.15, -0.1) is 0 Å². The van der Waals surface area contributed by atoms with Crippen molar-refractivity contribution in [2.45, 2.75) is 0 Å². The van der Waals surface area contributed by atoms with Crippen molar-refractivity contribution in [3.05, 3.63) is 35.0 Å². The predicted octanol–water partition coefficient (Wildman–Crippen LogP) is 2.26. The summed E-state index contributed by atoms with van der Waals surface area (Å²) in [6.45, 7) is 0. The van der Waals surface area contributed by atoms with Crippen molar-refractivity contribution in [1.82, 2.24) is 10.3 Å². The second-order valence-electron chi connectivity index (χ2n) is 3.44. The highest BCUT2D eigenvalue weighted by molar-refractivity contribution is 6.35. The van der Waals surface area contributed by atoms with Crippen molar-refractivity contribution in [1.29, 1.82) is 0 Å². The van der Waals surface area contributed by atoms with Gasteiger partial charge in [0.25, 0.3) is 5.91 Å². The molecular weight excluding hydrogens is 240 g/mol. The van der Waals surface area contributed by atoms with Crippen molar-refractivity contribution in [3.63, 3.8) is 0 Å². The molecule has 1 aromatic carbocycles. The lowest BCUT2D eigenvalue weighted by Gasteiger charge is -2.09. The predicted molar refractivity (Wildman–Crippen MR) is 66.7 cm³/mol. The second-order valence-corrected chi connectivity index (χ2v) is 3.85. The molecule has 1 aromatic heterocycles. The van der Waals surface area contributed by atoms with E-state index in [9.17, 15) is 4.79 Å². The number of halogens is 1. The van der Waals surface area contributed by atoms with Gasteiger partial charge >= 0.3 is 0 Å². The molecule has 1 amide bonds. The smallest absolute Gasteiger partial charge is 0.254 e. The maximum absolute atomic E-state index is 11.7. The first-order valence-corrected chi connectivity index (χ1v) is 5.39. The molecule has 0 aliphatic heterocycles. The molecule has 5 heteroatoms. The Labute approximate surface area is 104 Å². The van der Waals surface area contributed by atoms with E-state index in [0.29, 0.717) is 21.9 Å². The largest absolute Gasteiger partial charge is 0.496 e. The van der Waals surface area contributed by atoms with Gasteiger partial charge in [0.05, 0.1) is 23.2 Å². The number of aromatic nitrogens is 1. The maximum atomic E-state index is 11.7. The van der Waals surface area contributed by atoms with Crippen LogP contribution in [0.15, 0.2) is 24.4 Å². The fourth-order valence-corrected chi connectivity index (χ4v) is 1.83. The minimum atomic E-state index is -0.217. The first-order chi connectivity index (χ1) is 8.17. The second kappa shape index (κ2) is 4.59. The molecule has 0 bridgehead atoms.